The highest BCUT2D eigenvalue weighted by Gasteiger charge is 2.66. The van der Waals surface area contributed by atoms with Gasteiger partial charge < -0.3 is 10.2 Å². The second kappa shape index (κ2) is 8.18. The molecule has 3 nitrogen and oxygen atoms in total. The summed E-state index contributed by atoms with van der Waals surface area (Å²) in [6.45, 7) is 9.72. The lowest BCUT2D eigenvalue weighted by Crippen LogP contribution is -2.65. The van der Waals surface area contributed by atoms with Crippen LogP contribution in [0.5, 0.6) is 0 Å². The molecule has 0 saturated heterocycles. The number of ketones is 1. The molecule has 1 unspecified atom stereocenters. The lowest BCUT2D eigenvalue weighted by molar-refractivity contribution is -0.203. The van der Waals surface area contributed by atoms with Crippen LogP contribution in [-0.2, 0) is 4.79 Å². The standard InChI is InChI=1S/C27H46O3/c1-18(17-28)8-7-9-19(2)21-10-11-22-20-16-24(29)27(30)14-6-5-13-26(27,4)23(20)12-15-25(21,22)3/h18-23,28,30H,5-17H2,1-4H3/t18?,19-,20+,21-,22+,23+,25-,26-,27+/m1/s1. The van der Waals surface area contributed by atoms with E-state index in [2.05, 4.69) is 27.7 Å². The molecule has 3 heteroatoms. The third-order valence-electron chi connectivity index (χ3n) is 11.0. The van der Waals surface area contributed by atoms with Crippen LogP contribution in [0.3, 0.4) is 0 Å². The summed E-state index contributed by atoms with van der Waals surface area (Å²) in [5.74, 6) is 3.76. The minimum absolute atomic E-state index is 0.171. The van der Waals surface area contributed by atoms with Crippen LogP contribution in [0.25, 0.3) is 0 Å². The first kappa shape index (κ1) is 22.8. The van der Waals surface area contributed by atoms with Crippen molar-refractivity contribution in [2.45, 2.75) is 110 Å². The second-order valence-electron chi connectivity index (χ2n) is 12.4. The maximum Gasteiger partial charge on any atom is 0.165 e. The Morgan fingerprint density at radius 1 is 1.00 bits per heavy atom. The molecule has 4 rings (SSSR count). The molecule has 4 aliphatic carbocycles. The zero-order chi connectivity index (χ0) is 21.7. The second-order valence-corrected chi connectivity index (χ2v) is 12.4. The summed E-state index contributed by atoms with van der Waals surface area (Å²) < 4.78 is 0. The first-order chi connectivity index (χ1) is 14.2. The smallest absolute Gasteiger partial charge is 0.165 e. The third-order valence-corrected chi connectivity index (χ3v) is 11.0. The quantitative estimate of drug-likeness (QED) is 0.576. The van der Waals surface area contributed by atoms with E-state index in [4.69, 9.17) is 0 Å². The van der Waals surface area contributed by atoms with Gasteiger partial charge in [0.25, 0.3) is 0 Å². The van der Waals surface area contributed by atoms with Crippen LogP contribution >= 0.6 is 0 Å². The summed E-state index contributed by atoms with van der Waals surface area (Å²) in [4.78, 5) is 13.3. The summed E-state index contributed by atoms with van der Waals surface area (Å²) in [5, 5.41) is 20.8. The average Bonchev–Trinajstić information content (AvgIpc) is 3.07. The molecular formula is C27H46O3. The van der Waals surface area contributed by atoms with E-state index in [0.717, 1.165) is 31.1 Å². The maximum atomic E-state index is 13.3. The van der Waals surface area contributed by atoms with E-state index in [9.17, 15) is 15.0 Å². The molecule has 4 fully saturated rings. The van der Waals surface area contributed by atoms with Crippen LogP contribution in [0.1, 0.15) is 105 Å². The minimum Gasteiger partial charge on any atom is -0.396 e. The van der Waals surface area contributed by atoms with E-state index in [1.165, 1.54) is 44.9 Å². The van der Waals surface area contributed by atoms with Crippen molar-refractivity contribution < 1.29 is 15.0 Å². The number of rotatable bonds is 6. The number of carbonyl (C=O) groups is 1. The molecule has 0 radical (unpaired) electrons. The zero-order valence-corrected chi connectivity index (χ0v) is 20.0. The summed E-state index contributed by atoms with van der Waals surface area (Å²) in [6, 6.07) is 0. The normalized spacial score (nSPS) is 47.9. The van der Waals surface area contributed by atoms with Crippen LogP contribution in [0.2, 0.25) is 0 Å². The van der Waals surface area contributed by atoms with Crippen molar-refractivity contribution in [3.05, 3.63) is 0 Å². The van der Waals surface area contributed by atoms with Crippen LogP contribution in [0, 0.1) is 46.3 Å². The van der Waals surface area contributed by atoms with Crippen LogP contribution in [-0.4, -0.2) is 28.2 Å². The van der Waals surface area contributed by atoms with Gasteiger partial charge in [0.15, 0.2) is 5.78 Å². The molecule has 4 saturated carbocycles. The lowest BCUT2D eigenvalue weighted by atomic mass is 9.43. The summed E-state index contributed by atoms with van der Waals surface area (Å²) >= 11 is 0. The monoisotopic (exact) mass is 418 g/mol. The Hall–Kier alpha value is -0.410. The highest BCUT2D eigenvalue weighted by atomic mass is 16.3. The predicted octanol–water partition coefficient (Wildman–Crippen LogP) is 5.76. The van der Waals surface area contributed by atoms with Gasteiger partial charge in [0.2, 0.25) is 0 Å². The van der Waals surface area contributed by atoms with E-state index >= 15 is 0 Å². The molecule has 4 aliphatic rings. The van der Waals surface area contributed by atoms with Crippen molar-refractivity contribution in [1.29, 1.82) is 0 Å². The molecule has 0 aromatic rings. The first-order valence-corrected chi connectivity index (χ1v) is 13.0. The van der Waals surface area contributed by atoms with Gasteiger partial charge in [0.1, 0.15) is 5.60 Å². The minimum atomic E-state index is -1.05. The predicted molar refractivity (Wildman–Crippen MR) is 121 cm³/mol. The topological polar surface area (TPSA) is 57.5 Å². The number of hydrogen-bond donors (Lipinski definition) is 2. The molecular weight excluding hydrogens is 372 g/mol. The number of carbonyl (C=O) groups excluding carboxylic acids is 1. The fourth-order valence-electron chi connectivity index (χ4n) is 9.12. The molecule has 0 spiro atoms. The van der Waals surface area contributed by atoms with E-state index in [1.54, 1.807) is 0 Å². The van der Waals surface area contributed by atoms with E-state index < -0.39 is 5.60 Å². The number of aliphatic hydroxyl groups excluding tert-OH is 1. The van der Waals surface area contributed by atoms with Gasteiger partial charge >= 0.3 is 0 Å². The highest BCUT2D eigenvalue weighted by molar-refractivity contribution is 5.89. The third kappa shape index (κ3) is 3.33. The zero-order valence-electron chi connectivity index (χ0n) is 20.0. The molecule has 30 heavy (non-hydrogen) atoms. The van der Waals surface area contributed by atoms with E-state index in [0.29, 0.717) is 48.5 Å². The fraction of sp³-hybridized carbons (Fsp3) is 0.963. The highest BCUT2D eigenvalue weighted by Crippen LogP contribution is 2.68. The number of hydrogen-bond acceptors (Lipinski definition) is 3. The number of Topliss-reactive ketones (excluding diaryl/α,β-unsaturated/α-hetero) is 1. The Morgan fingerprint density at radius 2 is 1.73 bits per heavy atom. The Kier molecular flexibility index (Phi) is 6.21. The average molecular weight is 419 g/mol. The molecule has 0 aliphatic heterocycles. The molecule has 2 N–H and O–H groups in total. The van der Waals surface area contributed by atoms with Crippen molar-refractivity contribution in [2.75, 3.05) is 6.61 Å². The van der Waals surface area contributed by atoms with Gasteiger partial charge in [-0.2, -0.15) is 0 Å². The molecule has 9 atom stereocenters. The molecule has 0 amide bonds. The Morgan fingerprint density at radius 3 is 2.47 bits per heavy atom. The lowest BCUT2D eigenvalue weighted by Gasteiger charge is -2.62. The number of fused-ring (bicyclic) bond motifs is 5. The van der Waals surface area contributed by atoms with Gasteiger partial charge in [-0.15, -0.1) is 0 Å². The van der Waals surface area contributed by atoms with Gasteiger partial charge in [-0.05, 0) is 85.9 Å². The Bertz CT molecular complexity index is 646. The molecule has 0 heterocycles. The Balaban J connectivity index is 1.50. The van der Waals surface area contributed by atoms with Crippen LogP contribution in [0.4, 0.5) is 0 Å². The van der Waals surface area contributed by atoms with Crippen molar-refractivity contribution >= 4 is 5.78 Å². The largest absolute Gasteiger partial charge is 0.396 e. The van der Waals surface area contributed by atoms with Gasteiger partial charge in [0.05, 0.1) is 0 Å². The summed E-state index contributed by atoms with van der Waals surface area (Å²) in [5.41, 5.74) is -0.879. The maximum absolute atomic E-state index is 13.3. The van der Waals surface area contributed by atoms with Gasteiger partial charge in [-0.3, -0.25) is 4.79 Å². The SMILES string of the molecule is CC(CO)CCC[C@@H](C)[C@H]1CC[C@H]2[C@@H]3CC(=O)[C@@]4(O)CCCC[C@]4(C)[C@H]3CC[C@]12C. The molecule has 0 aromatic heterocycles. The molecule has 0 aromatic carbocycles. The van der Waals surface area contributed by atoms with Gasteiger partial charge in [-0.1, -0.05) is 53.4 Å². The van der Waals surface area contributed by atoms with E-state index in [1.807, 2.05) is 0 Å². The van der Waals surface area contributed by atoms with Crippen LogP contribution in [0.15, 0.2) is 0 Å². The Labute approximate surface area is 184 Å². The van der Waals surface area contributed by atoms with E-state index in [-0.39, 0.29) is 11.2 Å². The summed E-state index contributed by atoms with van der Waals surface area (Å²) in [7, 11) is 0. The van der Waals surface area contributed by atoms with Crippen molar-refractivity contribution in [3.8, 4) is 0 Å². The van der Waals surface area contributed by atoms with Crippen LogP contribution < -0.4 is 0 Å². The van der Waals surface area contributed by atoms with Crippen molar-refractivity contribution in [2.24, 2.45) is 46.3 Å². The van der Waals surface area contributed by atoms with Crippen molar-refractivity contribution in [3.63, 3.8) is 0 Å². The first-order valence-electron chi connectivity index (χ1n) is 13.0. The van der Waals surface area contributed by atoms with Gasteiger partial charge in [-0.25, -0.2) is 0 Å². The number of aliphatic hydroxyl groups is 2. The van der Waals surface area contributed by atoms with Gasteiger partial charge in [0, 0.05) is 18.4 Å². The summed E-state index contributed by atoms with van der Waals surface area (Å²) in [6.07, 6.45) is 13.2. The molecule has 0 bridgehead atoms. The fourth-order valence-corrected chi connectivity index (χ4v) is 9.12. The van der Waals surface area contributed by atoms with Crippen molar-refractivity contribution in [1.82, 2.24) is 0 Å². The molecule has 172 valence electrons.